The molecule has 170 valence electrons. The molecule has 34 heavy (non-hydrogen) atoms. The van der Waals surface area contributed by atoms with Gasteiger partial charge in [-0.1, -0.05) is 48.5 Å². The second-order valence-electron chi connectivity index (χ2n) is 8.66. The first-order valence-electron chi connectivity index (χ1n) is 11.3. The van der Waals surface area contributed by atoms with Crippen molar-refractivity contribution in [2.75, 3.05) is 7.05 Å². The predicted octanol–water partition coefficient (Wildman–Crippen LogP) is 5.91. The number of allylic oxidation sites excluding steroid dienone is 3. The summed E-state index contributed by atoms with van der Waals surface area (Å²) in [5.41, 5.74) is 10.3. The number of hydrogen-bond acceptors (Lipinski definition) is 5. The van der Waals surface area contributed by atoms with Crippen LogP contribution in [0.15, 0.2) is 87.8 Å². The number of nitrogens with zero attached hydrogens (tertiary/aromatic N) is 2. The number of halogens is 1. The van der Waals surface area contributed by atoms with Crippen LogP contribution in [0.5, 0.6) is 5.75 Å². The number of carbonyl (C=O) groups is 1. The van der Waals surface area contributed by atoms with Crippen LogP contribution >= 0.6 is 15.9 Å². The second kappa shape index (κ2) is 9.00. The average Bonchev–Trinajstić information content (AvgIpc) is 2.85. The Morgan fingerprint density at radius 2 is 1.94 bits per heavy atom. The highest BCUT2D eigenvalue weighted by molar-refractivity contribution is 9.10. The zero-order chi connectivity index (χ0) is 23.8. The van der Waals surface area contributed by atoms with Gasteiger partial charge in [-0.15, -0.1) is 0 Å². The normalized spacial score (nSPS) is 18.2. The molecule has 0 unspecified atom stereocenters. The molecule has 0 saturated carbocycles. The molecular weight excluding hydrogens is 490 g/mol. The Bertz CT molecular complexity index is 1410. The van der Waals surface area contributed by atoms with Crippen molar-refractivity contribution in [3.05, 3.63) is 98.9 Å². The molecule has 0 bridgehead atoms. The summed E-state index contributed by atoms with van der Waals surface area (Å²) in [5, 5.41) is 12.3. The molecule has 1 aliphatic carbocycles. The fourth-order valence-electron chi connectivity index (χ4n) is 4.98. The van der Waals surface area contributed by atoms with Gasteiger partial charge in [-0.05, 0) is 62.8 Å². The third-order valence-corrected chi connectivity index (χ3v) is 7.34. The summed E-state index contributed by atoms with van der Waals surface area (Å²) < 4.78 is 6.93. The van der Waals surface area contributed by atoms with Gasteiger partial charge in [-0.2, -0.15) is 5.26 Å². The van der Waals surface area contributed by atoms with E-state index in [1.165, 1.54) is 10.8 Å². The Labute approximate surface area is 207 Å². The van der Waals surface area contributed by atoms with Crippen LogP contribution in [-0.4, -0.2) is 17.7 Å². The molecule has 0 fully saturated rings. The van der Waals surface area contributed by atoms with Crippen molar-refractivity contribution in [2.45, 2.75) is 31.8 Å². The summed E-state index contributed by atoms with van der Waals surface area (Å²) in [7, 11) is 1.83. The van der Waals surface area contributed by atoms with Gasteiger partial charge < -0.3 is 15.4 Å². The van der Waals surface area contributed by atoms with Crippen molar-refractivity contribution in [2.24, 2.45) is 5.73 Å². The Kier molecular flexibility index (Phi) is 5.89. The van der Waals surface area contributed by atoms with Gasteiger partial charge in [0.25, 0.3) is 0 Å². The van der Waals surface area contributed by atoms with Crippen LogP contribution in [0.2, 0.25) is 0 Å². The van der Waals surface area contributed by atoms with Crippen LogP contribution in [0.4, 0.5) is 0 Å². The maximum Gasteiger partial charge on any atom is 0.161 e. The lowest BCUT2D eigenvalue weighted by molar-refractivity contribution is -0.116. The summed E-state index contributed by atoms with van der Waals surface area (Å²) in [6.07, 6.45) is 2.07. The van der Waals surface area contributed by atoms with Crippen LogP contribution in [0, 0.1) is 11.3 Å². The largest absolute Gasteiger partial charge is 0.488 e. The number of hydrogen-bond donors (Lipinski definition) is 1. The number of fused-ring (bicyclic) bond motifs is 1. The summed E-state index contributed by atoms with van der Waals surface area (Å²) in [6, 6.07) is 22.5. The average molecular weight is 514 g/mol. The van der Waals surface area contributed by atoms with Crippen molar-refractivity contribution in [3.63, 3.8) is 0 Å². The molecule has 0 radical (unpaired) electrons. The smallest absolute Gasteiger partial charge is 0.161 e. The monoisotopic (exact) mass is 513 g/mol. The van der Waals surface area contributed by atoms with Crippen molar-refractivity contribution in [3.8, 4) is 11.8 Å². The molecule has 6 heteroatoms. The maximum absolute atomic E-state index is 13.0. The summed E-state index contributed by atoms with van der Waals surface area (Å²) in [4.78, 5) is 14.8. The molecule has 5 nitrogen and oxygen atoms in total. The Hall–Kier alpha value is -3.56. The fraction of sp³-hybridized carbons (Fsp3) is 0.214. The van der Waals surface area contributed by atoms with E-state index in [-0.39, 0.29) is 5.78 Å². The number of ether oxygens (including phenoxy) is 1. The van der Waals surface area contributed by atoms with Crippen LogP contribution < -0.4 is 10.5 Å². The Balaban J connectivity index is 1.47. The molecule has 2 aliphatic rings. The number of rotatable bonds is 4. The van der Waals surface area contributed by atoms with Crippen LogP contribution in [0.25, 0.3) is 10.8 Å². The zero-order valence-electron chi connectivity index (χ0n) is 18.8. The lowest BCUT2D eigenvalue weighted by Gasteiger charge is -2.37. The van der Waals surface area contributed by atoms with Crippen LogP contribution in [-0.2, 0) is 11.4 Å². The van der Waals surface area contributed by atoms with E-state index in [0.717, 1.165) is 34.1 Å². The van der Waals surface area contributed by atoms with E-state index < -0.39 is 5.92 Å². The molecule has 1 heterocycles. The van der Waals surface area contributed by atoms with Gasteiger partial charge in [-0.3, -0.25) is 4.79 Å². The van der Waals surface area contributed by atoms with Gasteiger partial charge in [-0.25, -0.2) is 0 Å². The highest BCUT2D eigenvalue weighted by Gasteiger charge is 2.38. The highest BCUT2D eigenvalue weighted by Crippen LogP contribution is 2.45. The molecule has 0 spiro atoms. The molecule has 2 N–H and O–H groups in total. The van der Waals surface area contributed by atoms with Crippen LogP contribution in [0.3, 0.4) is 0 Å². The van der Waals surface area contributed by atoms with Crippen molar-refractivity contribution in [1.82, 2.24) is 4.90 Å². The van der Waals surface area contributed by atoms with Gasteiger partial charge in [0.1, 0.15) is 18.2 Å². The van der Waals surface area contributed by atoms with Crippen molar-refractivity contribution >= 4 is 32.5 Å². The minimum absolute atomic E-state index is 0.0887. The highest BCUT2D eigenvalue weighted by atomic mass is 79.9. The van der Waals surface area contributed by atoms with E-state index in [9.17, 15) is 10.1 Å². The van der Waals surface area contributed by atoms with Gasteiger partial charge in [0.2, 0.25) is 0 Å². The standard InChI is InChI=1S/C28H24BrN3O2/c1-32-23-10-5-11-24(33)27(23)26(21(15-30)28(32)31)18-12-13-25(22(29)14-18)34-16-19-8-4-7-17-6-2-3-9-20(17)19/h2-4,6-9,12-14,26H,5,10-11,16,31H2,1H3/t26-/m1/s1. The van der Waals surface area contributed by atoms with Gasteiger partial charge in [0.15, 0.2) is 5.78 Å². The van der Waals surface area contributed by atoms with Crippen molar-refractivity contribution in [1.29, 1.82) is 5.26 Å². The molecule has 1 aliphatic heterocycles. The SMILES string of the molecule is CN1C(N)=C(C#N)[C@@H](c2ccc(OCc3cccc4ccccc34)c(Br)c2)C2=C1CCCC2=O. The molecule has 3 aromatic carbocycles. The van der Waals surface area contributed by atoms with E-state index >= 15 is 0 Å². The molecular formula is C28H24BrN3O2. The third-order valence-electron chi connectivity index (χ3n) is 6.72. The molecule has 0 aromatic heterocycles. The third kappa shape index (κ3) is 3.76. The number of Topliss-reactive ketones (excluding diaryl/α,β-unsaturated/α-hetero) is 1. The van der Waals surface area contributed by atoms with Crippen molar-refractivity contribution < 1.29 is 9.53 Å². The van der Waals surface area contributed by atoms with E-state index in [1.807, 2.05) is 43.4 Å². The topological polar surface area (TPSA) is 79.3 Å². The van der Waals surface area contributed by atoms with Gasteiger partial charge >= 0.3 is 0 Å². The predicted molar refractivity (Wildman–Crippen MR) is 136 cm³/mol. The fourth-order valence-corrected chi connectivity index (χ4v) is 5.49. The number of benzene rings is 3. The first-order chi connectivity index (χ1) is 16.5. The van der Waals surface area contributed by atoms with Gasteiger partial charge in [0, 0.05) is 24.7 Å². The number of carbonyl (C=O) groups excluding carboxylic acids is 1. The minimum Gasteiger partial charge on any atom is -0.488 e. The Morgan fingerprint density at radius 1 is 1.15 bits per heavy atom. The van der Waals surface area contributed by atoms with E-state index in [0.29, 0.717) is 35.7 Å². The minimum atomic E-state index is -0.465. The quantitative estimate of drug-likeness (QED) is 0.468. The van der Waals surface area contributed by atoms with E-state index in [4.69, 9.17) is 10.5 Å². The summed E-state index contributed by atoms with van der Waals surface area (Å²) >= 11 is 3.64. The molecule has 0 saturated heterocycles. The zero-order valence-corrected chi connectivity index (χ0v) is 20.4. The van der Waals surface area contributed by atoms with Gasteiger partial charge in [0.05, 0.1) is 22.0 Å². The lowest BCUT2D eigenvalue weighted by Crippen LogP contribution is -2.36. The first kappa shape index (κ1) is 22.2. The molecule has 3 aromatic rings. The lowest BCUT2D eigenvalue weighted by atomic mass is 9.76. The molecule has 1 atom stereocenters. The summed E-state index contributed by atoms with van der Waals surface area (Å²) in [5.74, 6) is 0.732. The second-order valence-corrected chi connectivity index (χ2v) is 9.51. The molecule has 5 rings (SSSR count). The number of ketones is 1. The maximum atomic E-state index is 13.0. The first-order valence-corrected chi connectivity index (χ1v) is 12.1. The molecule has 0 amide bonds. The Morgan fingerprint density at radius 3 is 2.74 bits per heavy atom. The van der Waals surface area contributed by atoms with Crippen LogP contribution in [0.1, 0.15) is 36.3 Å². The van der Waals surface area contributed by atoms with E-state index in [2.05, 4.69) is 46.3 Å². The number of nitrogens with two attached hydrogens (primary N) is 1. The number of nitriles is 1. The van der Waals surface area contributed by atoms with E-state index in [1.54, 1.807) is 4.90 Å². The summed E-state index contributed by atoms with van der Waals surface area (Å²) in [6.45, 7) is 0.428.